The zero-order chi connectivity index (χ0) is 10.7. The number of carbonyl (C=O) groups is 1. The predicted molar refractivity (Wildman–Crippen MR) is 59.5 cm³/mol. The third-order valence-electron chi connectivity index (χ3n) is 4.05. The molecule has 2 saturated carbocycles. The summed E-state index contributed by atoms with van der Waals surface area (Å²) in [5.41, 5.74) is 0. The van der Waals surface area contributed by atoms with Gasteiger partial charge in [-0.3, -0.25) is 4.79 Å². The molecular formula is C13H22O2. The first-order valence-corrected chi connectivity index (χ1v) is 6.46. The second kappa shape index (κ2) is 5.11. The summed E-state index contributed by atoms with van der Waals surface area (Å²) in [5.74, 6) is 1.43. The Morgan fingerprint density at radius 1 is 1.13 bits per heavy atom. The van der Waals surface area contributed by atoms with Crippen molar-refractivity contribution in [3.8, 4) is 0 Å². The van der Waals surface area contributed by atoms with Crippen molar-refractivity contribution in [3.63, 3.8) is 0 Å². The molecule has 2 aliphatic rings. The smallest absolute Gasteiger partial charge is 0.135 e. The fourth-order valence-corrected chi connectivity index (χ4v) is 3.18. The molecule has 3 unspecified atom stereocenters. The van der Waals surface area contributed by atoms with Crippen LogP contribution in [0, 0.1) is 11.8 Å². The quantitative estimate of drug-likeness (QED) is 0.761. The van der Waals surface area contributed by atoms with E-state index < -0.39 is 0 Å². The number of hydrogen-bond donors (Lipinski definition) is 1. The van der Waals surface area contributed by atoms with Crippen LogP contribution in [0.1, 0.15) is 57.8 Å². The Morgan fingerprint density at radius 3 is 2.73 bits per heavy atom. The van der Waals surface area contributed by atoms with Gasteiger partial charge in [0, 0.05) is 12.3 Å². The lowest BCUT2D eigenvalue weighted by Crippen LogP contribution is -2.26. The molecule has 0 bridgehead atoms. The fourth-order valence-electron chi connectivity index (χ4n) is 3.18. The van der Waals surface area contributed by atoms with Crippen LogP contribution >= 0.6 is 0 Å². The molecule has 0 heterocycles. The molecule has 0 aliphatic heterocycles. The first-order chi connectivity index (χ1) is 7.25. The number of rotatable bonds is 2. The van der Waals surface area contributed by atoms with Crippen LogP contribution in [-0.2, 0) is 4.79 Å². The van der Waals surface area contributed by atoms with Gasteiger partial charge in [0.2, 0.25) is 0 Å². The molecule has 2 aliphatic carbocycles. The Balaban J connectivity index is 1.81. The SMILES string of the molecule is O=C1CCCCC1CC1CCCC(O)C1. The van der Waals surface area contributed by atoms with E-state index in [2.05, 4.69) is 0 Å². The second-order valence-corrected chi connectivity index (χ2v) is 5.33. The van der Waals surface area contributed by atoms with Gasteiger partial charge in [-0.1, -0.05) is 19.3 Å². The van der Waals surface area contributed by atoms with Crippen LogP contribution in [-0.4, -0.2) is 17.0 Å². The van der Waals surface area contributed by atoms with Crippen LogP contribution in [0.15, 0.2) is 0 Å². The van der Waals surface area contributed by atoms with E-state index in [1.807, 2.05) is 0 Å². The molecule has 0 aromatic carbocycles. The highest BCUT2D eigenvalue weighted by atomic mass is 16.3. The van der Waals surface area contributed by atoms with Crippen molar-refractivity contribution in [1.29, 1.82) is 0 Å². The first-order valence-electron chi connectivity index (χ1n) is 6.46. The molecule has 0 aromatic rings. The second-order valence-electron chi connectivity index (χ2n) is 5.33. The van der Waals surface area contributed by atoms with Crippen LogP contribution < -0.4 is 0 Å². The van der Waals surface area contributed by atoms with E-state index in [1.54, 1.807) is 0 Å². The fraction of sp³-hybridized carbons (Fsp3) is 0.923. The summed E-state index contributed by atoms with van der Waals surface area (Å²) in [6.45, 7) is 0. The molecule has 0 aromatic heterocycles. The van der Waals surface area contributed by atoms with E-state index in [0.29, 0.717) is 17.6 Å². The van der Waals surface area contributed by atoms with Crippen molar-refractivity contribution < 1.29 is 9.90 Å². The van der Waals surface area contributed by atoms with Gasteiger partial charge in [0.05, 0.1) is 6.10 Å². The molecule has 15 heavy (non-hydrogen) atoms. The molecule has 0 amide bonds. The topological polar surface area (TPSA) is 37.3 Å². The summed E-state index contributed by atoms with van der Waals surface area (Å²) in [5, 5.41) is 9.59. The standard InChI is InChI=1S/C13H22O2/c14-12-6-3-4-10(9-12)8-11-5-1-2-7-13(11)15/h10-12,14H,1-9H2. The first kappa shape index (κ1) is 11.1. The van der Waals surface area contributed by atoms with Crippen molar-refractivity contribution in [2.45, 2.75) is 63.9 Å². The van der Waals surface area contributed by atoms with Crippen LogP contribution in [0.3, 0.4) is 0 Å². The molecule has 1 N–H and O–H groups in total. The molecule has 86 valence electrons. The number of carbonyl (C=O) groups excluding carboxylic acids is 1. The maximum atomic E-state index is 11.7. The summed E-state index contributed by atoms with van der Waals surface area (Å²) in [6, 6.07) is 0. The van der Waals surface area contributed by atoms with Gasteiger partial charge in [0.25, 0.3) is 0 Å². The average Bonchev–Trinajstić information content (AvgIpc) is 2.22. The third kappa shape index (κ3) is 3.04. The molecule has 2 fully saturated rings. The van der Waals surface area contributed by atoms with Gasteiger partial charge in [-0.05, 0) is 38.0 Å². The zero-order valence-electron chi connectivity index (χ0n) is 9.45. The molecule has 2 heteroatoms. The maximum absolute atomic E-state index is 11.7. The molecule has 2 rings (SSSR count). The van der Waals surface area contributed by atoms with Gasteiger partial charge in [-0.15, -0.1) is 0 Å². The number of hydrogen-bond acceptors (Lipinski definition) is 2. The number of aliphatic hydroxyl groups excluding tert-OH is 1. The molecule has 0 spiro atoms. The highest BCUT2D eigenvalue weighted by Gasteiger charge is 2.28. The summed E-state index contributed by atoms with van der Waals surface area (Å²) >= 11 is 0. The van der Waals surface area contributed by atoms with Crippen LogP contribution in [0.4, 0.5) is 0 Å². The number of aliphatic hydroxyl groups is 1. The number of ketones is 1. The molecule has 0 saturated heterocycles. The van der Waals surface area contributed by atoms with E-state index in [0.717, 1.165) is 44.9 Å². The van der Waals surface area contributed by atoms with Gasteiger partial charge in [-0.2, -0.15) is 0 Å². The lowest BCUT2D eigenvalue weighted by molar-refractivity contribution is -0.125. The van der Waals surface area contributed by atoms with E-state index in [-0.39, 0.29) is 6.10 Å². The largest absolute Gasteiger partial charge is 0.393 e. The highest BCUT2D eigenvalue weighted by molar-refractivity contribution is 5.81. The molecule has 3 atom stereocenters. The van der Waals surface area contributed by atoms with Crippen molar-refractivity contribution in [3.05, 3.63) is 0 Å². The third-order valence-corrected chi connectivity index (χ3v) is 4.05. The van der Waals surface area contributed by atoms with E-state index in [1.165, 1.54) is 12.8 Å². The Kier molecular flexibility index (Phi) is 3.79. The van der Waals surface area contributed by atoms with Crippen molar-refractivity contribution >= 4 is 5.78 Å². The van der Waals surface area contributed by atoms with Gasteiger partial charge in [0.15, 0.2) is 0 Å². The van der Waals surface area contributed by atoms with E-state index >= 15 is 0 Å². The summed E-state index contributed by atoms with van der Waals surface area (Å²) in [6.07, 6.45) is 9.46. The van der Waals surface area contributed by atoms with Gasteiger partial charge in [-0.25, -0.2) is 0 Å². The molecule has 0 radical (unpaired) electrons. The average molecular weight is 210 g/mol. The van der Waals surface area contributed by atoms with Crippen molar-refractivity contribution in [1.82, 2.24) is 0 Å². The minimum atomic E-state index is -0.0950. The van der Waals surface area contributed by atoms with E-state index in [4.69, 9.17) is 0 Å². The van der Waals surface area contributed by atoms with Crippen LogP contribution in [0.25, 0.3) is 0 Å². The summed E-state index contributed by atoms with van der Waals surface area (Å²) in [4.78, 5) is 11.7. The van der Waals surface area contributed by atoms with Crippen LogP contribution in [0.5, 0.6) is 0 Å². The normalized spacial score (nSPS) is 37.9. The summed E-state index contributed by atoms with van der Waals surface area (Å²) < 4.78 is 0. The van der Waals surface area contributed by atoms with E-state index in [9.17, 15) is 9.90 Å². The Hall–Kier alpha value is -0.370. The monoisotopic (exact) mass is 210 g/mol. The Bertz CT molecular complexity index is 225. The Labute approximate surface area is 92.1 Å². The lowest BCUT2D eigenvalue weighted by Gasteiger charge is -2.30. The highest BCUT2D eigenvalue weighted by Crippen LogP contribution is 2.33. The minimum absolute atomic E-state index is 0.0950. The predicted octanol–water partition coefficient (Wildman–Crippen LogP) is 2.69. The van der Waals surface area contributed by atoms with Gasteiger partial charge in [0.1, 0.15) is 5.78 Å². The Morgan fingerprint density at radius 2 is 2.00 bits per heavy atom. The van der Waals surface area contributed by atoms with Crippen LogP contribution in [0.2, 0.25) is 0 Å². The van der Waals surface area contributed by atoms with Crippen molar-refractivity contribution in [2.75, 3.05) is 0 Å². The van der Waals surface area contributed by atoms with Gasteiger partial charge < -0.3 is 5.11 Å². The lowest BCUT2D eigenvalue weighted by atomic mass is 9.76. The molecular weight excluding hydrogens is 188 g/mol. The minimum Gasteiger partial charge on any atom is -0.393 e. The molecule has 2 nitrogen and oxygen atoms in total. The maximum Gasteiger partial charge on any atom is 0.135 e. The number of Topliss-reactive ketones (excluding diaryl/α,β-unsaturated/α-hetero) is 1. The summed E-state index contributed by atoms with van der Waals surface area (Å²) in [7, 11) is 0. The van der Waals surface area contributed by atoms with Crippen molar-refractivity contribution in [2.24, 2.45) is 11.8 Å². The zero-order valence-corrected chi connectivity index (χ0v) is 9.45. The van der Waals surface area contributed by atoms with Gasteiger partial charge >= 0.3 is 0 Å².